The van der Waals surface area contributed by atoms with Gasteiger partial charge < -0.3 is 19.5 Å². The van der Waals surface area contributed by atoms with Crippen molar-refractivity contribution in [2.24, 2.45) is 5.92 Å². The Balaban J connectivity index is 2.14. The van der Waals surface area contributed by atoms with Gasteiger partial charge in [0.25, 0.3) is 5.91 Å². The van der Waals surface area contributed by atoms with Gasteiger partial charge in [0.05, 0.1) is 25.7 Å². The highest BCUT2D eigenvalue weighted by Crippen LogP contribution is 2.26. The molecule has 6 heteroatoms. The number of carbonyl (C=O) groups excluding carboxylic acids is 2. The Bertz CT molecular complexity index is 543. The molecule has 0 bridgehead atoms. The molecule has 0 aromatic heterocycles. The van der Waals surface area contributed by atoms with Crippen LogP contribution in [0.5, 0.6) is 11.5 Å². The molecule has 1 aromatic rings. The molecule has 0 spiro atoms. The summed E-state index contributed by atoms with van der Waals surface area (Å²) >= 11 is 0. The maximum absolute atomic E-state index is 12.4. The Morgan fingerprint density at radius 1 is 1.33 bits per heavy atom. The van der Waals surface area contributed by atoms with Crippen LogP contribution in [0.25, 0.3) is 0 Å². The van der Waals surface area contributed by atoms with E-state index in [0.29, 0.717) is 25.3 Å². The highest BCUT2D eigenvalue weighted by molar-refractivity contribution is 5.97. The van der Waals surface area contributed by atoms with E-state index in [-0.39, 0.29) is 29.1 Å². The first-order valence-corrected chi connectivity index (χ1v) is 6.81. The molecule has 1 unspecified atom stereocenters. The quantitative estimate of drug-likeness (QED) is 0.853. The third kappa shape index (κ3) is 3.26. The molecule has 1 heterocycles. The largest absolute Gasteiger partial charge is 0.507 e. The number of rotatable bonds is 3. The van der Waals surface area contributed by atoms with Crippen molar-refractivity contribution in [3.63, 3.8) is 0 Å². The van der Waals surface area contributed by atoms with Gasteiger partial charge in [0.15, 0.2) is 0 Å². The summed E-state index contributed by atoms with van der Waals surface area (Å²) in [5, 5.41) is 9.93. The van der Waals surface area contributed by atoms with E-state index in [1.54, 1.807) is 11.0 Å². The first kappa shape index (κ1) is 15.2. The van der Waals surface area contributed by atoms with Crippen LogP contribution in [0.4, 0.5) is 0 Å². The Morgan fingerprint density at radius 3 is 2.71 bits per heavy atom. The summed E-state index contributed by atoms with van der Waals surface area (Å²) < 4.78 is 9.73. The van der Waals surface area contributed by atoms with Crippen molar-refractivity contribution in [2.75, 3.05) is 27.3 Å². The van der Waals surface area contributed by atoms with E-state index in [2.05, 4.69) is 0 Å². The number of hydrogen-bond acceptors (Lipinski definition) is 5. The van der Waals surface area contributed by atoms with E-state index in [9.17, 15) is 14.7 Å². The van der Waals surface area contributed by atoms with Crippen molar-refractivity contribution in [3.8, 4) is 11.5 Å². The number of amides is 1. The van der Waals surface area contributed by atoms with Gasteiger partial charge in [-0.25, -0.2) is 0 Å². The van der Waals surface area contributed by atoms with Gasteiger partial charge in [-0.1, -0.05) is 0 Å². The average molecular weight is 293 g/mol. The minimum atomic E-state index is -0.300. The van der Waals surface area contributed by atoms with Gasteiger partial charge in [0, 0.05) is 19.2 Å². The first-order valence-electron chi connectivity index (χ1n) is 6.81. The van der Waals surface area contributed by atoms with Gasteiger partial charge in [-0.15, -0.1) is 0 Å². The number of hydrogen-bond donors (Lipinski definition) is 1. The molecular weight excluding hydrogens is 274 g/mol. The highest BCUT2D eigenvalue weighted by Gasteiger charge is 2.30. The molecule has 1 saturated heterocycles. The third-order valence-electron chi connectivity index (χ3n) is 3.68. The second-order valence-electron chi connectivity index (χ2n) is 5.00. The van der Waals surface area contributed by atoms with Crippen LogP contribution >= 0.6 is 0 Å². The average Bonchev–Trinajstić information content (AvgIpc) is 2.53. The summed E-state index contributed by atoms with van der Waals surface area (Å²) in [6, 6.07) is 4.54. The highest BCUT2D eigenvalue weighted by atomic mass is 16.5. The topological polar surface area (TPSA) is 76.1 Å². The molecular formula is C15H19NO5. The molecule has 1 aromatic carbocycles. The molecule has 1 amide bonds. The molecule has 1 aliphatic heterocycles. The maximum Gasteiger partial charge on any atom is 0.310 e. The molecule has 21 heavy (non-hydrogen) atoms. The number of nitrogens with zero attached hydrogens (tertiary/aromatic N) is 1. The molecule has 1 N–H and O–H groups in total. The molecule has 2 rings (SSSR count). The minimum absolute atomic E-state index is 0.125. The van der Waals surface area contributed by atoms with E-state index in [0.717, 1.165) is 6.42 Å². The lowest BCUT2D eigenvalue weighted by molar-refractivity contribution is -0.146. The summed E-state index contributed by atoms with van der Waals surface area (Å²) in [6.07, 6.45) is 1.45. The Kier molecular flexibility index (Phi) is 4.67. The van der Waals surface area contributed by atoms with Gasteiger partial charge in [-0.05, 0) is 25.0 Å². The normalized spacial score (nSPS) is 18.2. The predicted molar refractivity (Wildman–Crippen MR) is 75.3 cm³/mol. The van der Waals surface area contributed by atoms with Crippen molar-refractivity contribution in [3.05, 3.63) is 23.8 Å². The molecule has 0 radical (unpaired) electrons. The van der Waals surface area contributed by atoms with E-state index in [1.807, 2.05) is 0 Å². The third-order valence-corrected chi connectivity index (χ3v) is 3.68. The van der Waals surface area contributed by atoms with E-state index in [4.69, 9.17) is 9.47 Å². The van der Waals surface area contributed by atoms with E-state index >= 15 is 0 Å². The van der Waals surface area contributed by atoms with Crippen molar-refractivity contribution in [1.29, 1.82) is 0 Å². The number of phenolic OH excluding ortho intramolecular Hbond substituents is 1. The summed E-state index contributed by atoms with van der Waals surface area (Å²) in [5.74, 6) is -0.530. The number of aromatic hydroxyl groups is 1. The summed E-state index contributed by atoms with van der Waals surface area (Å²) in [4.78, 5) is 25.6. The van der Waals surface area contributed by atoms with Crippen LogP contribution in [-0.2, 0) is 9.53 Å². The van der Waals surface area contributed by atoms with Crippen LogP contribution in [-0.4, -0.2) is 49.2 Å². The van der Waals surface area contributed by atoms with Gasteiger partial charge in [-0.3, -0.25) is 9.59 Å². The zero-order chi connectivity index (χ0) is 15.4. The van der Waals surface area contributed by atoms with Crippen molar-refractivity contribution in [2.45, 2.75) is 12.8 Å². The number of piperidine rings is 1. The lowest BCUT2D eigenvalue weighted by atomic mass is 9.97. The number of ether oxygens (including phenoxy) is 2. The first-order chi connectivity index (χ1) is 10.1. The van der Waals surface area contributed by atoms with Crippen molar-refractivity contribution >= 4 is 11.9 Å². The van der Waals surface area contributed by atoms with Gasteiger partial charge in [0.2, 0.25) is 0 Å². The molecule has 114 valence electrons. The number of phenols is 1. The second kappa shape index (κ2) is 6.47. The number of carbonyl (C=O) groups is 2. The summed E-state index contributed by atoms with van der Waals surface area (Å²) in [6.45, 7) is 0.884. The number of esters is 1. The molecule has 0 saturated carbocycles. The fraction of sp³-hybridized carbons (Fsp3) is 0.467. The zero-order valence-corrected chi connectivity index (χ0v) is 12.2. The molecule has 1 aliphatic rings. The lowest BCUT2D eigenvalue weighted by Crippen LogP contribution is -2.42. The van der Waals surface area contributed by atoms with E-state index < -0.39 is 0 Å². The van der Waals surface area contributed by atoms with Crippen molar-refractivity contribution in [1.82, 2.24) is 4.90 Å². The standard InChI is InChI=1S/C15H19NO5/c1-20-11-5-6-12(13(17)8-11)14(18)16-7-3-4-10(9-16)15(19)21-2/h5-6,8,10,17H,3-4,7,9H2,1-2H3. The Labute approximate surface area is 123 Å². The molecule has 1 atom stereocenters. The van der Waals surface area contributed by atoms with Gasteiger partial charge in [-0.2, -0.15) is 0 Å². The van der Waals surface area contributed by atoms with Crippen LogP contribution in [0, 0.1) is 5.92 Å². The van der Waals surface area contributed by atoms with Crippen LogP contribution in [0.15, 0.2) is 18.2 Å². The van der Waals surface area contributed by atoms with Gasteiger partial charge >= 0.3 is 5.97 Å². The summed E-state index contributed by atoms with van der Waals surface area (Å²) in [5.41, 5.74) is 0.210. The summed E-state index contributed by atoms with van der Waals surface area (Å²) in [7, 11) is 2.83. The number of likely N-dealkylation sites (tertiary alicyclic amines) is 1. The van der Waals surface area contributed by atoms with Gasteiger partial charge in [0.1, 0.15) is 11.5 Å². The predicted octanol–water partition coefficient (Wildman–Crippen LogP) is 1.43. The SMILES string of the molecule is COC(=O)C1CCCN(C(=O)c2ccc(OC)cc2O)C1. The van der Waals surface area contributed by atoms with Crippen LogP contribution in [0.1, 0.15) is 23.2 Å². The van der Waals surface area contributed by atoms with Crippen LogP contribution in [0.3, 0.4) is 0 Å². The van der Waals surface area contributed by atoms with Crippen LogP contribution in [0.2, 0.25) is 0 Å². The Hall–Kier alpha value is -2.24. The fourth-order valence-corrected chi connectivity index (χ4v) is 2.51. The smallest absolute Gasteiger partial charge is 0.310 e. The number of benzene rings is 1. The second-order valence-corrected chi connectivity index (χ2v) is 5.00. The molecule has 1 fully saturated rings. The van der Waals surface area contributed by atoms with Crippen molar-refractivity contribution < 1.29 is 24.2 Å². The molecule has 0 aliphatic carbocycles. The minimum Gasteiger partial charge on any atom is -0.507 e. The van der Waals surface area contributed by atoms with E-state index in [1.165, 1.54) is 26.4 Å². The van der Waals surface area contributed by atoms with Crippen LogP contribution < -0.4 is 4.74 Å². The zero-order valence-electron chi connectivity index (χ0n) is 12.2. The fourth-order valence-electron chi connectivity index (χ4n) is 2.51. The number of methoxy groups -OCH3 is 2. The maximum atomic E-state index is 12.4. The monoisotopic (exact) mass is 293 g/mol. The lowest BCUT2D eigenvalue weighted by Gasteiger charge is -2.31. The Morgan fingerprint density at radius 2 is 2.10 bits per heavy atom. The molecule has 6 nitrogen and oxygen atoms in total.